The summed E-state index contributed by atoms with van der Waals surface area (Å²) in [5.74, 6) is -4.88. The number of nitrogens with zero attached hydrogens (tertiary/aromatic N) is 1. The Morgan fingerprint density at radius 2 is 1.61 bits per heavy atom. The Kier molecular flexibility index (Phi) is 17.1. The number of aldehydes is 1. The van der Waals surface area contributed by atoms with Crippen molar-refractivity contribution in [2.24, 2.45) is 13.0 Å². The highest BCUT2D eigenvalue weighted by atomic mass is 19.2. The second-order valence-electron chi connectivity index (χ2n) is 8.80. The van der Waals surface area contributed by atoms with Gasteiger partial charge in [0.25, 0.3) is 5.56 Å². The van der Waals surface area contributed by atoms with Crippen LogP contribution < -0.4 is 16.4 Å². The van der Waals surface area contributed by atoms with Crippen LogP contribution in [0.3, 0.4) is 0 Å². The highest BCUT2D eigenvalue weighted by Crippen LogP contribution is 2.32. The van der Waals surface area contributed by atoms with Crippen molar-refractivity contribution in [3.63, 3.8) is 0 Å². The standard InChI is InChI=1S/C16H14F4N2O2.C7H7NO2.C5H12.CH2O/c1-21-22-13(7-14(23)24)9-5-8(6-12(19)16(9)20)15-10(17)3-2-4-11(15)18;1-8-4-2-3-6(5-9)7(8)10;1-4-5(2)3;1-2/h2-6,13,21-22H,7H2,1H3,(H,23,24);2-5H,1H3;5H,4H2,1-3H3;1H2/t13-;;;/m0.../s1. The maximum Gasteiger partial charge on any atom is 0.305 e. The molecule has 0 saturated carbocycles. The number of pyridine rings is 1. The molecule has 224 valence electrons. The van der Waals surface area contributed by atoms with Crippen molar-refractivity contribution in [1.82, 2.24) is 15.4 Å². The van der Waals surface area contributed by atoms with Crippen LogP contribution in [0.4, 0.5) is 17.6 Å². The van der Waals surface area contributed by atoms with E-state index >= 15 is 0 Å². The van der Waals surface area contributed by atoms with Crippen molar-refractivity contribution in [2.45, 2.75) is 39.7 Å². The van der Waals surface area contributed by atoms with Crippen molar-refractivity contribution in [3.8, 4) is 11.1 Å². The van der Waals surface area contributed by atoms with E-state index in [4.69, 9.17) is 9.90 Å². The lowest BCUT2D eigenvalue weighted by Gasteiger charge is -2.19. The first kappa shape index (κ1) is 36.8. The zero-order valence-electron chi connectivity index (χ0n) is 23.5. The molecule has 2 aromatic carbocycles. The third kappa shape index (κ3) is 11.9. The van der Waals surface area contributed by atoms with Gasteiger partial charge in [0.15, 0.2) is 17.9 Å². The van der Waals surface area contributed by atoms with Gasteiger partial charge in [-0.05, 0) is 54.9 Å². The summed E-state index contributed by atoms with van der Waals surface area (Å²) in [5.41, 5.74) is 3.77. The highest BCUT2D eigenvalue weighted by Gasteiger charge is 2.23. The number of aliphatic carboxylic acids is 1. The number of hydrogen-bond acceptors (Lipinski definition) is 6. The lowest BCUT2D eigenvalue weighted by Crippen LogP contribution is -2.34. The summed E-state index contributed by atoms with van der Waals surface area (Å²) in [6.45, 7) is 8.64. The van der Waals surface area contributed by atoms with Gasteiger partial charge in [-0.1, -0.05) is 33.3 Å². The van der Waals surface area contributed by atoms with Crippen molar-refractivity contribution >= 4 is 19.0 Å². The largest absolute Gasteiger partial charge is 0.481 e. The molecule has 0 fully saturated rings. The highest BCUT2D eigenvalue weighted by molar-refractivity contribution is 5.73. The molecule has 0 aliphatic carbocycles. The fourth-order valence-electron chi connectivity index (χ4n) is 3.08. The minimum Gasteiger partial charge on any atom is -0.481 e. The smallest absolute Gasteiger partial charge is 0.305 e. The summed E-state index contributed by atoms with van der Waals surface area (Å²) < 4.78 is 57.1. The molecule has 41 heavy (non-hydrogen) atoms. The summed E-state index contributed by atoms with van der Waals surface area (Å²) in [6.07, 6.45) is 2.90. The van der Waals surface area contributed by atoms with Gasteiger partial charge in [-0.15, -0.1) is 0 Å². The Labute approximate surface area is 236 Å². The lowest BCUT2D eigenvalue weighted by atomic mass is 9.96. The fraction of sp³-hybridized carbons (Fsp3) is 0.310. The van der Waals surface area contributed by atoms with Crippen molar-refractivity contribution in [3.05, 3.63) is 93.4 Å². The van der Waals surface area contributed by atoms with Crippen molar-refractivity contribution < 1.29 is 37.1 Å². The average molecular weight is 582 g/mol. The molecule has 8 nitrogen and oxygen atoms in total. The number of hydrazine groups is 1. The number of nitrogens with one attached hydrogen (secondary N) is 2. The molecule has 1 atom stereocenters. The first-order chi connectivity index (χ1) is 19.4. The van der Waals surface area contributed by atoms with Gasteiger partial charge in [0.1, 0.15) is 18.4 Å². The Balaban J connectivity index is 0.000000772. The van der Waals surface area contributed by atoms with E-state index < -0.39 is 47.3 Å². The molecular formula is C29H35F4N3O5. The fourth-order valence-corrected chi connectivity index (χ4v) is 3.08. The Morgan fingerprint density at radius 1 is 1.05 bits per heavy atom. The number of aromatic nitrogens is 1. The SMILES string of the molecule is C=O.CCC(C)C.CNN[C@@H](CC(=O)O)c1cc(-c2c(F)cccc2F)cc(F)c1F.Cn1cccc(C=O)c1=O. The summed E-state index contributed by atoms with van der Waals surface area (Å²) in [7, 11) is 3.03. The molecule has 1 aromatic heterocycles. The van der Waals surface area contributed by atoms with Gasteiger partial charge >= 0.3 is 5.97 Å². The van der Waals surface area contributed by atoms with E-state index in [1.165, 1.54) is 24.1 Å². The van der Waals surface area contributed by atoms with E-state index in [1.54, 1.807) is 19.3 Å². The number of hydrogen-bond donors (Lipinski definition) is 3. The number of benzene rings is 2. The van der Waals surface area contributed by atoms with E-state index in [0.29, 0.717) is 12.4 Å². The van der Waals surface area contributed by atoms with E-state index in [1.807, 2.05) is 6.79 Å². The minimum absolute atomic E-state index is 0.199. The van der Waals surface area contributed by atoms with Crippen molar-refractivity contribution in [1.29, 1.82) is 0 Å². The van der Waals surface area contributed by atoms with Crippen LogP contribution in [0.5, 0.6) is 0 Å². The van der Waals surface area contributed by atoms with Crippen LogP contribution in [0.1, 0.15) is 55.6 Å². The van der Waals surface area contributed by atoms with Gasteiger partial charge in [-0.2, -0.15) is 0 Å². The topological polar surface area (TPSA) is 118 Å². The van der Waals surface area contributed by atoms with E-state index in [0.717, 1.165) is 30.2 Å². The van der Waals surface area contributed by atoms with Crippen molar-refractivity contribution in [2.75, 3.05) is 7.05 Å². The van der Waals surface area contributed by atoms with Gasteiger partial charge in [-0.3, -0.25) is 19.8 Å². The quantitative estimate of drug-likeness (QED) is 0.190. The maximum atomic E-state index is 14.1. The zero-order valence-corrected chi connectivity index (χ0v) is 23.5. The molecule has 12 heteroatoms. The zero-order chi connectivity index (χ0) is 31.7. The predicted molar refractivity (Wildman–Crippen MR) is 148 cm³/mol. The Morgan fingerprint density at radius 3 is 2.05 bits per heavy atom. The average Bonchev–Trinajstić information content (AvgIpc) is 2.93. The van der Waals surface area contributed by atoms with E-state index in [2.05, 4.69) is 31.6 Å². The van der Waals surface area contributed by atoms with Crippen LogP contribution >= 0.6 is 0 Å². The number of aryl methyl sites for hydroxylation is 1. The monoisotopic (exact) mass is 581 g/mol. The van der Waals surface area contributed by atoms with E-state index in [-0.39, 0.29) is 22.2 Å². The lowest BCUT2D eigenvalue weighted by molar-refractivity contribution is -0.137. The van der Waals surface area contributed by atoms with Crippen LogP contribution in [0.15, 0.2) is 53.5 Å². The van der Waals surface area contributed by atoms with Gasteiger partial charge in [0, 0.05) is 18.8 Å². The summed E-state index contributed by atoms with van der Waals surface area (Å²) in [5, 5.41) is 8.90. The van der Waals surface area contributed by atoms with Crippen LogP contribution in [-0.2, 0) is 16.6 Å². The minimum atomic E-state index is -1.33. The first-order valence-electron chi connectivity index (χ1n) is 12.3. The maximum absolute atomic E-state index is 14.1. The van der Waals surface area contributed by atoms with Crippen LogP contribution in [0.25, 0.3) is 11.1 Å². The molecule has 0 spiro atoms. The molecule has 0 unspecified atom stereocenters. The second-order valence-corrected chi connectivity index (χ2v) is 8.80. The summed E-state index contributed by atoms with van der Waals surface area (Å²) in [4.78, 5) is 40.0. The molecule has 0 aliphatic heterocycles. The number of carboxylic acids is 1. The molecule has 1 heterocycles. The molecule has 0 saturated heterocycles. The molecule has 0 aliphatic rings. The van der Waals surface area contributed by atoms with Gasteiger partial charge < -0.3 is 14.5 Å². The summed E-state index contributed by atoms with van der Waals surface area (Å²) in [6, 6.07) is 6.82. The molecule has 0 amide bonds. The molecule has 3 N–H and O–H groups in total. The Hall–Kier alpha value is -4.16. The third-order valence-electron chi connectivity index (χ3n) is 5.48. The molecular weight excluding hydrogens is 546 g/mol. The van der Waals surface area contributed by atoms with Crippen LogP contribution in [-0.4, -0.2) is 35.8 Å². The van der Waals surface area contributed by atoms with E-state index in [9.17, 15) is 31.9 Å². The molecule has 3 rings (SSSR count). The predicted octanol–water partition coefficient (Wildman–Crippen LogP) is 5.22. The third-order valence-corrected chi connectivity index (χ3v) is 5.48. The van der Waals surface area contributed by atoms with Gasteiger partial charge in [-0.25, -0.2) is 23.0 Å². The summed E-state index contributed by atoms with van der Waals surface area (Å²) >= 11 is 0. The molecule has 3 aromatic rings. The number of carboxylic acid groups (broad SMARTS) is 1. The van der Waals surface area contributed by atoms with Gasteiger partial charge in [0.2, 0.25) is 0 Å². The normalized spacial score (nSPS) is 10.7. The number of carbonyl (C=O) groups is 3. The van der Waals surface area contributed by atoms with Crippen LogP contribution in [0.2, 0.25) is 0 Å². The molecule has 0 radical (unpaired) electrons. The second kappa shape index (κ2) is 19.0. The molecule has 0 bridgehead atoms. The van der Waals surface area contributed by atoms with Gasteiger partial charge in [0.05, 0.1) is 23.6 Å². The number of rotatable bonds is 8. The number of halogens is 4. The Bertz CT molecular complexity index is 1310. The van der Waals surface area contributed by atoms with Crippen LogP contribution in [0, 0.1) is 29.2 Å². The first-order valence-corrected chi connectivity index (χ1v) is 12.3. The number of carbonyl (C=O) groups excluding carboxylic acids is 2.